The van der Waals surface area contributed by atoms with E-state index in [4.69, 9.17) is 11.6 Å². The van der Waals surface area contributed by atoms with Crippen molar-refractivity contribution in [3.63, 3.8) is 0 Å². The van der Waals surface area contributed by atoms with Gasteiger partial charge in [-0.3, -0.25) is 9.59 Å². The van der Waals surface area contributed by atoms with Gasteiger partial charge >= 0.3 is 0 Å². The van der Waals surface area contributed by atoms with E-state index in [1.54, 1.807) is 19.1 Å². The van der Waals surface area contributed by atoms with Crippen molar-refractivity contribution in [3.8, 4) is 0 Å². The summed E-state index contributed by atoms with van der Waals surface area (Å²) in [6, 6.07) is 6.58. The summed E-state index contributed by atoms with van der Waals surface area (Å²) in [7, 11) is 0. The lowest BCUT2D eigenvalue weighted by Crippen LogP contribution is -2.45. The Labute approximate surface area is 124 Å². The van der Waals surface area contributed by atoms with Gasteiger partial charge in [0.25, 0.3) is 5.91 Å². The van der Waals surface area contributed by atoms with E-state index >= 15 is 0 Å². The van der Waals surface area contributed by atoms with Crippen LogP contribution in [0.1, 0.15) is 35.7 Å². The first kappa shape index (κ1) is 14.9. The minimum atomic E-state index is -0.492. The Balaban J connectivity index is 1.93. The quantitative estimate of drug-likeness (QED) is 0.865. The molecule has 0 radical (unpaired) electrons. The van der Waals surface area contributed by atoms with Gasteiger partial charge in [0.1, 0.15) is 6.04 Å². The number of likely N-dealkylation sites (tertiary alicyclic amines) is 1. The fourth-order valence-electron chi connectivity index (χ4n) is 2.30. The second kappa shape index (κ2) is 6.75. The van der Waals surface area contributed by atoms with Crippen molar-refractivity contribution in [2.24, 2.45) is 0 Å². The summed E-state index contributed by atoms with van der Waals surface area (Å²) >= 11 is 5.71. The number of amides is 2. The van der Waals surface area contributed by atoms with E-state index in [-0.39, 0.29) is 11.8 Å². The summed E-state index contributed by atoms with van der Waals surface area (Å²) < 4.78 is 0. The molecule has 1 saturated heterocycles. The molecule has 0 aromatic heterocycles. The molecule has 108 valence electrons. The summed E-state index contributed by atoms with van der Waals surface area (Å²) in [6.07, 6.45) is 2.10. The molecule has 1 aromatic rings. The Hall–Kier alpha value is -1.55. The maximum atomic E-state index is 12.1. The van der Waals surface area contributed by atoms with Gasteiger partial charge in [-0.15, -0.1) is 11.6 Å². The highest BCUT2D eigenvalue weighted by molar-refractivity contribution is 6.17. The zero-order chi connectivity index (χ0) is 14.5. The molecule has 2 rings (SSSR count). The molecule has 1 heterocycles. The van der Waals surface area contributed by atoms with Crippen LogP contribution in [0.4, 0.5) is 0 Å². The fourth-order valence-corrected chi connectivity index (χ4v) is 2.48. The smallest absolute Gasteiger partial charge is 0.251 e. The predicted molar refractivity (Wildman–Crippen MR) is 78.7 cm³/mol. The molecule has 5 heteroatoms. The summed E-state index contributed by atoms with van der Waals surface area (Å²) in [5.74, 6) is 0.186. The van der Waals surface area contributed by atoms with Gasteiger partial charge in [-0.1, -0.05) is 12.1 Å². The SMILES string of the molecule is CC(NC(=O)c1ccc(CCl)cc1)C(=O)N1CCCC1. The van der Waals surface area contributed by atoms with E-state index in [0.29, 0.717) is 11.4 Å². The van der Waals surface area contributed by atoms with Gasteiger partial charge < -0.3 is 10.2 Å². The molecule has 2 amide bonds. The summed E-state index contributed by atoms with van der Waals surface area (Å²) in [4.78, 5) is 26.0. The van der Waals surface area contributed by atoms with Gasteiger partial charge in [-0.05, 0) is 37.5 Å². The van der Waals surface area contributed by atoms with Gasteiger partial charge in [0.15, 0.2) is 0 Å². The normalized spacial score (nSPS) is 16.0. The summed E-state index contributed by atoms with van der Waals surface area (Å²) in [5, 5.41) is 2.75. The highest BCUT2D eigenvalue weighted by atomic mass is 35.5. The van der Waals surface area contributed by atoms with E-state index in [1.807, 2.05) is 17.0 Å². The third-order valence-corrected chi connectivity index (χ3v) is 3.81. The molecule has 1 unspecified atom stereocenters. The van der Waals surface area contributed by atoms with Crippen LogP contribution in [0.2, 0.25) is 0 Å². The second-order valence-corrected chi connectivity index (χ2v) is 5.33. The van der Waals surface area contributed by atoms with Crippen LogP contribution in [0.5, 0.6) is 0 Å². The first-order chi connectivity index (χ1) is 9.61. The van der Waals surface area contributed by atoms with Crippen molar-refractivity contribution in [2.75, 3.05) is 13.1 Å². The maximum absolute atomic E-state index is 12.1. The zero-order valence-corrected chi connectivity index (χ0v) is 12.3. The molecule has 0 spiro atoms. The van der Waals surface area contributed by atoms with Crippen LogP contribution in [-0.4, -0.2) is 35.8 Å². The number of benzene rings is 1. The Morgan fingerprint density at radius 2 is 1.85 bits per heavy atom. The van der Waals surface area contributed by atoms with Crippen LogP contribution in [0, 0.1) is 0 Å². The first-order valence-corrected chi connectivity index (χ1v) is 7.40. The Morgan fingerprint density at radius 3 is 2.40 bits per heavy atom. The van der Waals surface area contributed by atoms with Gasteiger partial charge in [0.05, 0.1) is 0 Å². The van der Waals surface area contributed by atoms with Crippen LogP contribution in [0.15, 0.2) is 24.3 Å². The lowest BCUT2D eigenvalue weighted by atomic mass is 10.1. The highest BCUT2D eigenvalue weighted by Gasteiger charge is 2.24. The molecule has 0 bridgehead atoms. The molecule has 1 aliphatic heterocycles. The average molecular weight is 295 g/mol. The van der Waals surface area contributed by atoms with Crippen LogP contribution in [0.3, 0.4) is 0 Å². The standard InChI is InChI=1S/C15H19ClN2O2/c1-11(15(20)18-8-2-3-9-18)17-14(19)13-6-4-12(10-16)5-7-13/h4-7,11H,2-3,8-10H2,1H3,(H,17,19). The summed E-state index contributed by atoms with van der Waals surface area (Å²) in [6.45, 7) is 3.32. The Kier molecular flexibility index (Phi) is 5.01. The van der Waals surface area contributed by atoms with Gasteiger partial charge in [0, 0.05) is 24.5 Å². The van der Waals surface area contributed by atoms with Crippen LogP contribution >= 0.6 is 11.6 Å². The monoisotopic (exact) mass is 294 g/mol. The molecular formula is C15H19ClN2O2. The molecule has 1 aliphatic rings. The minimum absolute atomic E-state index is 0.00627. The number of rotatable bonds is 4. The molecule has 1 aromatic carbocycles. The van der Waals surface area contributed by atoms with Crippen LogP contribution < -0.4 is 5.32 Å². The van der Waals surface area contributed by atoms with Crippen molar-refractivity contribution in [3.05, 3.63) is 35.4 Å². The molecule has 1 atom stereocenters. The summed E-state index contributed by atoms with van der Waals surface area (Å²) in [5.41, 5.74) is 1.50. The third kappa shape index (κ3) is 3.51. The van der Waals surface area contributed by atoms with Gasteiger partial charge in [-0.25, -0.2) is 0 Å². The fraction of sp³-hybridized carbons (Fsp3) is 0.467. The number of alkyl halides is 1. The van der Waals surface area contributed by atoms with E-state index in [1.165, 1.54) is 0 Å². The predicted octanol–water partition coefficient (Wildman–Crippen LogP) is 2.17. The number of hydrogen-bond donors (Lipinski definition) is 1. The average Bonchev–Trinajstić information content (AvgIpc) is 3.00. The Morgan fingerprint density at radius 1 is 1.25 bits per heavy atom. The molecule has 1 N–H and O–H groups in total. The van der Waals surface area contributed by atoms with Crippen molar-refractivity contribution in [1.82, 2.24) is 10.2 Å². The number of hydrogen-bond acceptors (Lipinski definition) is 2. The van der Waals surface area contributed by atoms with Crippen molar-refractivity contribution >= 4 is 23.4 Å². The molecule has 0 saturated carbocycles. The topological polar surface area (TPSA) is 49.4 Å². The first-order valence-electron chi connectivity index (χ1n) is 6.86. The highest BCUT2D eigenvalue weighted by Crippen LogP contribution is 2.10. The number of halogens is 1. The van der Waals surface area contributed by atoms with E-state index < -0.39 is 6.04 Å². The largest absolute Gasteiger partial charge is 0.341 e. The number of carbonyl (C=O) groups excluding carboxylic acids is 2. The third-order valence-electron chi connectivity index (χ3n) is 3.51. The number of nitrogens with one attached hydrogen (secondary N) is 1. The van der Waals surface area contributed by atoms with E-state index in [0.717, 1.165) is 31.5 Å². The lowest BCUT2D eigenvalue weighted by Gasteiger charge is -2.21. The van der Waals surface area contributed by atoms with Crippen molar-refractivity contribution in [1.29, 1.82) is 0 Å². The minimum Gasteiger partial charge on any atom is -0.341 e. The van der Waals surface area contributed by atoms with E-state index in [9.17, 15) is 9.59 Å². The number of nitrogens with zero attached hydrogens (tertiary/aromatic N) is 1. The van der Waals surface area contributed by atoms with Crippen LogP contribution in [-0.2, 0) is 10.7 Å². The zero-order valence-electron chi connectivity index (χ0n) is 11.6. The van der Waals surface area contributed by atoms with Gasteiger partial charge in [-0.2, -0.15) is 0 Å². The van der Waals surface area contributed by atoms with Gasteiger partial charge in [0.2, 0.25) is 5.91 Å². The van der Waals surface area contributed by atoms with Crippen LogP contribution in [0.25, 0.3) is 0 Å². The Bertz CT molecular complexity index is 481. The lowest BCUT2D eigenvalue weighted by molar-refractivity contribution is -0.131. The molecule has 0 aliphatic carbocycles. The number of carbonyl (C=O) groups is 2. The molecule has 1 fully saturated rings. The van der Waals surface area contributed by atoms with Crippen molar-refractivity contribution < 1.29 is 9.59 Å². The molecule has 20 heavy (non-hydrogen) atoms. The van der Waals surface area contributed by atoms with Crippen molar-refractivity contribution in [2.45, 2.75) is 31.7 Å². The van der Waals surface area contributed by atoms with E-state index in [2.05, 4.69) is 5.32 Å². The molecule has 4 nitrogen and oxygen atoms in total. The molecular weight excluding hydrogens is 276 g/mol. The maximum Gasteiger partial charge on any atom is 0.251 e. The second-order valence-electron chi connectivity index (χ2n) is 5.06.